The maximum Gasteiger partial charge on any atom is 0.338 e. The van der Waals surface area contributed by atoms with Gasteiger partial charge in [-0.05, 0) is 43.0 Å². The van der Waals surface area contributed by atoms with E-state index >= 15 is 0 Å². The van der Waals surface area contributed by atoms with Gasteiger partial charge in [0.25, 0.3) is 0 Å². The Balaban J connectivity index is 2.45. The predicted molar refractivity (Wildman–Crippen MR) is 83.5 cm³/mol. The average molecular weight is 292 g/mol. The van der Waals surface area contributed by atoms with Gasteiger partial charge in [-0.15, -0.1) is 0 Å². The van der Waals surface area contributed by atoms with Crippen molar-refractivity contribution in [2.24, 2.45) is 5.92 Å². The molecule has 0 atom stereocenters. The van der Waals surface area contributed by atoms with Crippen molar-refractivity contribution < 1.29 is 14.3 Å². The first-order valence-electron chi connectivity index (χ1n) is 7.35. The molecular weight excluding hydrogens is 268 g/mol. The van der Waals surface area contributed by atoms with Gasteiger partial charge in [-0.1, -0.05) is 20.8 Å². The number of nitrogens with one attached hydrogen (secondary N) is 2. The number of anilines is 1. The molecule has 0 bridgehead atoms. The van der Waals surface area contributed by atoms with E-state index in [1.165, 1.54) is 0 Å². The summed E-state index contributed by atoms with van der Waals surface area (Å²) in [6, 6.07) is 6.42. The lowest BCUT2D eigenvalue weighted by Gasteiger charge is -2.08. The van der Waals surface area contributed by atoms with Gasteiger partial charge in [0.1, 0.15) is 0 Å². The van der Waals surface area contributed by atoms with Crippen LogP contribution in [-0.4, -0.2) is 25.2 Å². The molecule has 116 valence electrons. The van der Waals surface area contributed by atoms with Crippen LogP contribution in [0, 0.1) is 5.92 Å². The molecule has 0 aliphatic heterocycles. The topological polar surface area (TPSA) is 67.4 Å². The molecule has 0 aliphatic rings. The molecule has 5 heteroatoms. The van der Waals surface area contributed by atoms with Gasteiger partial charge in [0, 0.05) is 12.2 Å². The first kappa shape index (κ1) is 17.0. The summed E-state index contributed by atoms with van der Waals surface area (Å²) in [5.74, 6) is 0.170. The maximum atomic E-state index is 11.8. The molecule has 2 N–H and O–H groups in total. The van der Waals surface area contributed by atoms with E-state index in [1.54, 1.807) is 24.3 Å². The van der Waals surface area contributed by atoms with Crippen LogP contribution in [0.2, 0.25) is 0 Å². The molecule has 0 aliphatic carbocycles. The zero-order chi connectivity index (χ0) is 15.7. The Morgan fingerprint density at radius 3 is 2.43 bits per heavy atom. The fourth-order valence-electron chi connectivity index (χ4n) is 1.57. The van der Waals surface area contributed by atoms with Gasteiger partial charge < -0.3 is 15.4 Å². The van der Waals surface area contributed by atoms with Crippen molar-refractivity contribution in [3.8, 4) is 0 Å². The largest absolute Gasteiger partial charge is 0.462 e. The number of urea groups is 1. The molecule has 0 heterocycles. The summed E-state index contributed by atoms with van der Waals surface area (Å²) in [6.07, 6.45) is 1.73. The summed E-state index contributed by atoms with van der Waals surface area (Å²) in [4.78, 5) is 23.3. The summed E-state index contributed by atoms with van der Waals surface area (Å²) in [5, 5.41) is 5.41. The summed E-state index contributed by atoms with van der Waals surface area (Å²) in [5.41, 5.74) is 1.13. The molecular formula is C16H24N2O3. The van der Waals surface area contributed by atoms with E-state index < -0.39 is 0 Å². The van der Waals surface area contributed by atoms with Gasteiger partial charge in [0.05, 0.1) is 12.2 Å². The van der Waals surface area contributed by atoms with Crippen molar-refractivity contribution in [2.75, 3.05) is 18.5 Å². The number of hydrogen-bond acceptors (Lipinski definition) is 3. The molecule has 2 amide bonds. The molecule has 1 aromatic rings. The lowest BCUT2D eigenvalue weighted by Crippen LogP contribution is -2.29. The van der Waals surface area contributed by atoms with Crippen LogP contribution in [-0.2, 0) is 4.74 Å². The van der Waals surface area contributed by atoms with E-state index in [1.807, 2.05) is 6.92 Å². The van der Waals surface area contributed by atoms with Crippen molar-refractivity contribution in [1.82, 2.24) is 5.32 Å². The quantitative estimate of drug-likeness (QED) is 0.757. The third-order valence-electron chi connectivity index (χ3n) is 2.84. The molecule has 0 spiro atoms. The fourth-order valence-corrected chi connectivity index (χ4v) is 1.57. The zero-order valence-corrected chi connectivity index (χ0v) is 12.9. The molecule has 0 aromatic heterocycles. The Morgan fingerprint density at radius 1 is 1.19 bits per heavy atom. The summed E-state index contributed by atoms with van der Waals surface area (Å²) in [7, 11) is 0. The Bertz CT molecular complexity index is 455. The van der Waals surface area contributed by atoms with Gasteiger partial charge in [0.2, 0.25) is 0 Å². The van der Waals surface area contributed by atoms with Crippen molar-refractivity contribution in [1.29, 1.82) is 0 Å². The number of carbonyl (C=O) groups is 2. The summed E-state index contributed by atoms with van der Waals surface area (Å²) in [6.45, 7) is 7.21. The van der Waals surface area contributed by atoms with Gasteiger partial charge in [-0.2, -0.15) is 0 Å². The Labute approximate surface area is 126 Å². The van der Waals surface area contributed by atoms with Crippen molar-refractivity contribution in [2.45, 2.75) is 33.6 Å². The Kier molecular flexibility index (Phi) is 7.29. The minimum Gasteiger partial charge on any atom is -0.462 e. The van der Waals surface area contributed by atoms with Crippen LogP contribution in [0.15, 0.2) is 24.3 Å². The van der Waals surface area contributed by atoms with Crippen LogP contribution < -0.4 is 10.6 Å². The predicted octanol–water partition coefficient (Wildman–Crippen LogP) is 3.42. The molecule has 21 heavy (non-hydrogen) atoms. The van der Waals surface area contributed by atoms with Crippen molar-refractivity contribution in [3.63, 3.8) is 0 Å². The Morgan fingerprint density at radius 2 is 1.86 bits per heavy atom. The number of hydrogen-bond donors (Lipinski definition) is 2. The third-order valence-corrected chi connectivity index (χ3v) is 2.84. The van der Waals surface area contributed by atoms with Crippen LogP contribution >= 0.6 is 0 Å². The molecule has 0 fully saturated rings. The van der Waals surface area contributed by atoms with Crippen LogP contribution in [0.1, 0.15) is 44.0 Å². The first-order valence-corrected chi connectivity index (χ1v) is 7.35. The highest BCUT2D eigenvalue weighted by Gasteiger charge is 2.08. The van der Waals surface area contributed by atoms with Gasteiger partial charge >= 0.3 is 12.0 Å². The highest BCUT2D eigenvalue weighted by Crippen LogP contribution is 2.11. The number of benzene rings is 1. The number of esters is 1. The molecule has 0 radical (unpaired) electrons. The van der Waals surface area contributed by atoms with Gasteiger partial charge in [0.15, 0.2) is 0 Å². The monoisotopic (exact) mass is 292 g/mol. The second-order valence-electron chi connectivity index (χ2n) is 5.28. The van der Waals surface area contributed by atoms with E-state index in [2.05, 4.69) is 24.5 Å². The zero-order valence-electron chi connectivity index (χ0n) is 12.9. The van der Waals surface area contributed by atoms with Gasteiger partial charge in [-0.25, -0.2) is 9.59 Å². The SMILES string of the molecule is CCCNC(=O)Nc1ccc(C(=O)OCCC(C)C)cc1. The van der Waals surface area contributed by atoms with Crippen LogP contribution in [0.5, 0.6) is 0 Å². The van der Waals surface area contributed by atoms with E-state index in [9.17, 15) is 9.59 Å². The van der Waals surface area contributed by atoms with Crippen LogP contribution in [0.3, 0.4) is 0 Å². The minimum absolute atomic E-state index is 0.246. The number of rotatable bonds is 7. The lowest BCUT2D eigenvalue weighted by molar-refractivity contribution is 0.0488. The number of ether oxygens (including phenoxy) is 1. The Hall–Kier alpha value is -2.04. The molecule has 5 nitrogen and oxygen atoms in total. The highest BCUT2D eigenvalue weighted by molar-refractivity contribution is 5.92. The van der Waals surface area contributed by atoms with Crippen LogP contribution in [0.25, 0.3) is 0 Å². The third kappa shape index (κ3) is 6.79. The number of amides is 2. The maximum absolute atomic E-state index is 11.8. The highest BCUT2D eigenvalue weighted by atomic mass is 16.5. The average Bonchev–Trinajstić information content (AvgIpc) is 2.45. The van der Waals surface area contributed by atoms with E-state index in [4.69, 9.17) is 4.74 Å². The van der Waals surface area contributed by atoms with Crippen LogP contribution in [0.4, 0.5) is 10.5 Å². The molecule has 1 aromatic carbocycles. The number of carbonyl (C=O) groups excluding carboxylic acids is 2. The molecule has 0 saturated carbocycles. The van der Waals surface area contributed by atoms with E-state index in [0.717, 1.165) is 12.8 Å². The summed E-state index contributed by atoms with van der Waals surface area (Å²) >= 11 is 0. The van der Waals surface area contributed by atoms with E-state index in [0.29, 0.717) is 30.3 Å². The minimum atomic E-state index is -0.336. The molecule has 0 saturated heterocycles. The second kappa shape index (κ2) is 9.00. The molecule has 1 rings (SSSR count). The smallest absolute Gasteiger partial charge is 0.338 e. The van der Waals surface area contributed by atoms with E-state index in [-0.39, 0.29) is 12.0 Å². The molecule has 0 unspecified atom stereocenters. The first-order chi connectivity index (χ1) is 10.0. The normalized spacial score (nSPS) is 10.3. The lowest BCUT2D eigenvalue weighted by atomic mass is 10.1. The summed E-state index contributed by atoms with van der Waals surface area (Å²) < 4.78 is 5.17. The van der Waals surface area contributed by atoms with Crippen molar-refractivity contribution in [3.05, 3.63) is 29.8 Å². The fraction of sp³-hybridized carbons (Fsp3) is 0.500. The standard InChI is InChI=1S/C16H24N2O3/c1-4-10-17-16(20)18-14-7-5-13(6-8-14)15(19)21-11-9-12(2)3/h5-8,12H,4,9-11H2,1-3H3,(H2,17,18,20). The van der Waals surface area contributed by atoms with Gasteiger partial charge in [-0.3, -0.25) is 0 Å². The second-order valence-corrected chi connectivity index (χ2v) is 5.28. The van der Waals surface area contributed by atoms with Crippen molar-refractivity contribution >= 4 is 17.7 Å².